The summed E-state index contributed by atoms with van der Waals surface area (Å²) >= 11 is 0. The minimum atomic E-state index is 1.24. The number of rotatable bonds is 6. The SMILES string of the molecule is C/C=C/CCCCCC1=CCCC=C1.C=CC. The van der Waals surface area contributed by atoms with Crippen molar-refractivity contribution in [3.8, 4) is 0 Å². The predicted molar refractivity (Wildman–Crippen MR) is 80.2 cm³/mol. The molecule has 0 aromatic carbocycles. The van der Waals surface area contributed by atoms with E-state index < -0.39 is 0 Å². The topological polar surface area (TPSA) is 0 Å². The minimum Gasteiger partial charge on any atom is -0.103 e. The van der Waals surface area contributed by atoms with Gasteiger partial charge in [-0.05, 0) is 52.4 Å². The molecule has 0 spiro atoms. The van der Waals surface area contributed by atoms with Crippen LogP contribution >= 0.6 is 0 Å². The van der Waals surface area contributed by atoms with Gasteiger partial charge in [-0.15, -0.1) is 6.58 Å². The van der Waals surface area contributed by atoms with Crippen LogP contribution in [0.3, 0.4) is 0 Å². The van der Waals surface area contributed by atoms with Crippen molar-refractivity contribution in [3.63, 3.8) is 0 Å². The van der Waals surface area contributed by atoms with Crippen molar-refractivity contribution in [2.24, 2.45) is 0 Å². The molecule has 1 aliphatic rings. The van der Waals surface area contributed by atoms with Crippen molar-refractivity contribution in [2.75, 3.05) is 0 Å². The monoisotopic (exact) mass is 232 g/mol. The summed E-state index contributed by atoms with van der Waals surface area (Å²) in [4.78, 5) is 0. The number of hydrogen-bond donors (Lipinski definition) is 0. The highest BCUT2D eigenvalue weighted by Gasteiger charge is 1.96. The highest BCUT2D eigenvalue weighted by Crippen LogP contribution is 2.16. The molecular formula is C17H28. The van der Waals surface area contributed by atoms with Crippen molar-refractivity contribution >= 4 is 0 Å². The zero-order valence-corrected chi connectivity index (χ0v) is 11.6. The van der Waals surface area contributed by atoms with Crippen LogP contribution in [0.2, 0.25) is 0 Å². The Hall–Kier alpha value is -1.04. The van der Waals surface area contributed by atoms with Crippen LogP contribution in [0.1, 0.15) is 58.8 Å². The smallest absolute Gasteiger partial charge is 0.0282 e. The number of unbranched alkanes of at least 4 members (excludes halogenated alkanes) is 3. The van der Waals surface area contributed by atoms with Gasteiger partial charge in [-0.3, -0.25) is 0 Å². The van der Waals surface area contributed by atoms with E-state index >= 15 is 0 Å². The average Bonchev–Trinajstić information content (AvgIpc) is 2.36. The first-order valence-corrected chi connectivity index (χ1v) is 6.89. The predicted octanol–water partition coefficient (Wildman–Crippen LogP) is 5.98. The standard InChI is InChI=1S/C14H22.C3H6/c1-2-3-4-5-6-8-11-14-12-9-7-10-13-14;1-3-2/h2-3,9,12-13H,4-8,10-11H2,1H3;3H,1H2,2H3/b3-2+;. The van der Waals surface area contributed by atoms with Crippen LogP contribution in [-0.2, 0) is 0 Å². The Balaban J connectivity index is 0.000000770. The second-order valence-corrected chi connectivity index (χ2v) is 4.34. The lowest BCUT2D eigenvalue weighted by atomic mass is 10.0. The lowest BCUT2D eigenvalue weighted by Gasteiger charge is -2.05. The molecule has 0 atom stereocenters. The van der Waals surface area contributed by atoms with Crippen molar-refractivity contribution in [1.82, 2.24) is 0 Å². The molecule has 0 aromatic heterocycles. The average molecular weight is 232 g/mol. The lowest BCUT2D eigenvalue weighted by Crippen LogP contribution is -1.85. The highest BCUT2D eigenvalue weighted by molar-refractivity contribution is 5.21. The zero-order valence-electron chi connectivity index (χ0n) is 11.6. The molecule has 96 valence electrons. The maximum Gasteiger partial charge on any atom is -0.0282 e. The maximum absolute atomic E-state index is 3.36. The molecule has 0 nitrogen and oxygen atoms in total. The van der Waals surface area contributed by atoms with Gasteiger partial charge in [0.2, 0.25) is 0 Å². The second-order valence-electron chi connectivity index (χ2n) is 4.34. The van der Waals surface area contributed by atoms with E-state index in [0.29, 0.717) is 0 Å². The molecule has 1 aliphatic carbocycles. The van der Waals surface area contributed by atoms with Gasteiger partial charge in [-0.1, -0.05) is 48.5 Å². The molecule has 0 aliphatic heterocycles. The molecule has 0 saturated carbocycles. The third-order valence-corrected chi connectivity index (χ3v) is 2.64. The van der Waals surface area contributed by atoms with Gasteiger partial charge in [-0.25, -0.2) is 0 Å². The van der Waals surface area contributed by atoms with Crippen molar-refractivity contribution < 1.29 is 0 Å². The third kappa shape index (κ3) is 11.2. The molecule has 17 heavy (non-hydrogen) atoms. The Labute approximate surface area is 108 Å². The Bertz CT molecular complexity index is 253. The Kier molecular flexibility index (Phi) is 12.2. The van der Waals surface area contributed by atoms with Crippen LogP contribution in [0.25, 0.3) is 0 Å². The van der Waals surface area contributed by atoms with E-state index in [4.69, 9.17) is 0 Å². The number of allylic oxidation sites excluding steroid dienone is 7. The van der Waals surface area contributed by atoms with Crippen molar-refractivity contribution in [1.29, 1.82) is 0 Å². The van der Waals surface area contributed by atoms with E-state index in [1.807, 2.05) is 6.92 Å². The Morgan fingerprint density at radius 2 is 1.94 bits per heavy atom. The maximum atomic E-state index is 3.36. The van der Waals surface area contributed by atoms with E-state index in [1.165, 1.54) is 44.9 Å². The largest absolute Gasteiger partial charge is 0.103 e. The van der Waals surface area contributed by atoms with Gasteiger partial charge in [-0.2, -0.15) is 0 Å². The molecule has 0 N–H and O–H groups in total. The van der Waals surface area contributed by atoms with E-state index in [2.05, 4.69) is 43.9 Å². The van der Waals surface area contributed by atoms with Crippen LogP contribution in [0, 0.1) is 0 Å². The van der Waals surface area contributed by atoms with E-state index in [0.717, 1.165) is 0 Å². The van der Waals surface area contributed by atoms with Gasteiger partial charge < -0.3 is 0 Å². The molecule has 0 aromatic rings. The van der Waals surface area contributed by atoms with Gasteiger partial charge in [0, 0.05) is 0 Å². The minimum absolute atomic E-state index is 1.24. The second kappa shape index (κ2) is 13.0. The Morgan fingerprint density at radius 3 is 2.53 bits per heavy atom. The van der Waals surface area contributed by atoms with E-state index in [-0.39, 0.29) is 0 Å². The number of hydrogen-bond acceptors (Lipinski definition) is 0. The van der Waals surface area contributed by atoms with E-state index in [9.17, 15) is 0 Å². The summed E-state index contributed by atoms with van der Waals surface area (Å²) in [5.41, 5.74) is 1.56. The van der Waals surface area contributed by atoms with Gasteiger partial charge in [0.25, 0.3) is 0 Å². The lowest BCUT2D eigenvalue weighted by molar-refractivity contribution is 0.685. The first kappa shape index (κ1) is 16.0. The van der Waals surface area contributed by atoms with Crippen molar-refractivity contribution in [3.05, 3.63) is 48.6 Å². The summed E-state index contributed by atoms with van der Waals surface area (Å²) in [5, 5.41) is 0. The summed E-state index contributed by atoms with van der Waals surface area (Å²) in [6.07, 6.45) is 22.3. The summed E-state index contributed by atoms with van der Waals surface area (Å²) < 4.78 is 0. The van der Waals surface area contributed by atoms with Crippen LogP contribution in [-0.4, -0.2) is 0 Å². The molecular weight excluding hydrogens is 204 g/mol. The summed E-state index contributed by atoms with van der Waals surface area (Å²) in [5.74, 6) is 0. The van der Waals surface area contributed by atoms with Crippen LogP contribution in [0.15, 0.2) is 48.6 Å². The first-order chi connectivity index (χ1) is 8.35. The molecule has 0 amide bonds. The fourth-order valence-electron chi connectivity index (χ4n) is 1.79. The molecule has 1 rings (SSSR count). The fraction of sp³-hybridized carbons (Fsp3) is 0.529. The van der Waals surface area contributed by atoms with Gasteiger partial charge >= 0.3 is 0 Å². The van der Waals surface area contributed by atoms with Crippen molar-refractivity contribution in [2.45, 2.75) is 58.8 Å². The summed E-state index contributed by atoms with van der Waals surface area (Å²) in [7, 11) is 0. The van der Waals surface area contributed by atoms with Crippen LogP contribution < -0.4 is 0 Å². The zero-order chi connectivity index (χ0) is 12.8. The molecule has 0 unspecified atom stereocenters. The molecule has 0 fully saturated rings. The van der Waals surface area contributed by atoms with Gasteiger partial charge in [0.15, 0.2) is 0 Å². The van der Waals surface area contributed by atoms with Crippen LogP contribution in [0.4, 0.5) is 0 Å². The van der Waals surface area contributed by atoms with Crippen LogP contribution in [0.5, 0.6) is 0 Å². The molecule has 0 saturated heterocycles. The molecule has 0 heterocycles. The normalized spacial score (nSPS) is 14.1. The highest BCUT2D eigenvalue weighted by atomic mass is 14.0. The van der Waals surface area contributed by atoms with Gasteiger partial charge in [0.05, 0.1) is 0 Å². The first-order valence-electron chi connectivity index (χ1n) is 6.89. The summed E-state index contributed by atoms with van der Waals surface area (Å²) in [6, 6.07) is 0. The summed E-state index contributed by atoms with van der Waals surface area (Å²) in [6.45, 7) is 7.34. The molecule has 0 bridgehead atoms. The van der Waals surface area contributed by atoms with E-state index in [1.54, 1.807) is 11.6 Å². The third-order valence-electron chi connectivity index (χ3n) is 2.64. The quantitative estimate of drug-likeness (QED) is 0.390. The molecule has 0 heteroatoms. The fourth-order valence-corrected chi connectivity index (χ4v) is 1.79. The Morgan fingerprint density at radius 1 is 1.18 bits per heavy atom. The molecule has 0 radical (unpaired) electrons. The van der Waals surface area contributed by atoms with Gasteiger partial charge in [0.1, 0.15) is 0 Å².